The fourth-order valence-corrected chi connectivity index (χ4v) is 3.07. The van der Waals surface area contributed by atoms with E-state index in [1.165, 1.54) is 19.1 Å². The summed E-state index contributed by atoms with van der Waals surface area (Å²) in [6.07, 6.45) is -10.4. The molecule has 3 atom stereocenters. The quantitative estimate of drug-likeness (QED) is 0.767. The standard InChI is InChI=1S/C15H15F5O4/c1-3-21-10-5-4-8(11-12(10)24-15(19,20)23-11)9-6-22-13(7(9)2)14(16,17)18/h4-5,7,9,13H,3,6H2,1-2H3. The number of rotatable bonds is 3. The highest BCUT2D eigenvalue weighted by molar-refractivity contribution is 5.59. The number of alkyl halides is 5. The average Bonchev–Trinajstić information content (AvgIpc) is 2.98. The van der Waals surface area contributed by atoms with Crippen molar-refractivity contribution < 1.29 is 40.9 Å². The molecule has 0 N–H and O–H groups in total. The molecule has 1 saturated heterocycles. The lowest BCUT2D eigenvalue weighted by Crippen LogP contribution is -2.33. The summed E-state index contributed by atoms with van der Waals surface area (Å²) in [6.45, 7) is 2.99. The number of fused-ring (bicyclic) bond motifs is 1. The normalized spacial score (nSPS) is 28.2. The van der Waals surface area contributed by atoms with Gasteiger partial charge in [-0.2, -0.15) is 13.2 Å². The second-order valence-electron chi connectivity index (χ2n) is 5.67. The van der Waals surface area contributed by atoms with Crippen LogP contribution >= 0.6 is 0 Å². The molecule has 0 spiro atoms. The molecule has 134 valence electrons. The summed E-state index contributed by atoms with van der Waals surface area (Å²) in [7, 11) is 0. The van der Waals surface area contributed by atoms with E-state index in [4.69, 9.17) is 9.47 Å². The SMILES string of the molecule is CCOc1ccc(C2COC(C(F)(F)F)C2C)c2c1OC(F)(F)O2. The monoisotopic (exact) mass is 354 g/mol. The lowest BCUT2D eigenvalue weighted by Gasteiger charge is -2.21. The first-order chi connectivity index (χ1) is 11.1. The molecule has 0 bridgehead atoms. The molecule has 0 amide bonds. The minimum atomic E-state index is -4.52. The molecule has 0 radical (unpaired) electrons. The van der Waals surface area contributed by atoms with Gasteiger partial charge in [0.25, 0.3) is 0 Å². The van der Waals surface area contributed by atoms with Gasteiger partial charge >= 0.3 is 12.5 Å². The predicted molar refractivity (Wildman–Crippen MR) is 71.5 cm³/mol. The Balaban J connectivity index is 1.98. The molecule has 4 nitrogen and oxygen atoms in total. The highest BCUT2D eigenvalue weighted by Crippen LogP contribution is 2.54. The summed E-state index contributed by atoms with van der Waals surface area (Å²) in [4.78, 5) is 0. The lowest BCUT2D eigenvalue weighted by atomic mass is 9.86. The van der Waals surface area contributed by atoms with Gasteiger partial charge in [-0.25, -0.2) is 0 Å². The zero-order valence-electron chi connectivity index (χ0n) is 12.8. The van der Waals surface area contributed by atoms with Crippen molar-refractivity contribution in [3.8, 4) is 17.2 Å². The van der Waals surface area contributed by atoms with Gasteiger partial charge in [0.2, 0.25) is 5.75 Å². The van der Waals surface area contributed by atoms with Crippen molar-refractivity contribution in [3.63, 3.8) is 0 Å². The summed E-state index contributed by atoms with van der Waals surface area (Å²) in [5.74, 6) is -2.26. The number of hydrogen-bond acceptors (Lipinski definition) is 4. The van der Waals surface area contributed by atoms with Crippen LogP contribution in [0.15, 0.2) is 12.1 Å². The van der Waals surface area contributed by atoms with E-state index >= 15 is 0 Å². The molecule has 3 unspecified atom stereocenters. The third-order valence-corrected chi connectivity index (χ3v) is 4.14. The van der Waals surface area contributed by atoms with E-state index in [9.17, 15) is 22.0 Å². The second-order valence-corrected chi connectivity index (χ2v) is 5.67. The predicted octanol–water partition coefficient (Wildman–Crippen LogP) is 4.09. The largest absolute Gasteiger partial charge is 0.586 e. The summed E-state index contributed by atoms with van der Waals surface area (Å²) >= 11 is 0. The topological polar surface area (TPSA) is 36.9 Å². The Morgan fingerprint density at radius 1 is 1.21 bits per heavy atom. The molecule has 2 heterocycles. The fraction of sp³-hybridized carbons (Fsp3) is 0.600. The van der Waals surface area contributed by atoms with Gasteiger partial charge in [0.15, 0.2) is 17.6 Å². The molecular weight excluding hydrogens is 339 g/mol. The average molecular weight is 354 g/mol. The van der Waals surface area contributed by atoms with Crippen LogP contribution in [0.4, 0.5) is 22.0 Å². The highest BCUT2D eigenvalue weighted by Gasteiger charge is 2.53. The van der Waals surface area contributed by atoms with E-state index in [-0.39, 0.29) is 36.0 Å². The van der Waals surface area contributed by atoms with Gasteiger partial charge in [0.1, 0.15) is 0 Å². The first-order valence-electron chi connectivity index (χ1n) is 7.38. The molecule has 1 aromatic carbocycles. The van der Waals surface area contributed by atoms with E-state index in [0.717, 1.165) is 0 Å². The minimum Gasteiger partial charge on any atom is -0.490 e. The summed E-state index contributed by atoms with van der Waals surface area (Å²) in [6, 6.07) is 2.80. The van der Waals surface area contributed by atoms with Crippen LogP contribution in [0.3, 0.4) is 0 Å². The molecule has 2 aliphatic rings. The lowest BCUT2D eigenvalue weighted by molar-refractivity contribution is -0.287. The molecular formula is C15H15F5O4. The molecule has 0 aliphatic carbocycles. The maximum atomic E-state index is 13.5. The Labute approximate surface area is 134 Å². The van der Waals surface area contributed by atoms with Crippen LogP contribution < -0.4 is 14.2 Å². The van der Waals surface area contributed by atoms with Crippen molar-refractivity contribution in [1.29, 1.82) is 0 Å². The minimum absolute atomic E-state index is 0.0485. The van der Waals surface area contributed by atoms with Crippen molar-refractivity contribution in [2.45, 2.75) is 38.3 Å². The summed E-state index contributed by atoms with van der Waals surface area (Å²) < 4.78 is 84.8. The van der Waals surface area contributed by atoms with Crippen LogP contribution in [-0.2, 0) is 4.74 Å². The molecule has 1 fully saturated rings. The van der Waals surface area contributed by atoms with E-state index in [1.54, 1.807) is 6.92 Å². The Kier molecular flexibility index (Phi) is 4.01. The maximum absolute atomic E-state index is 13.5. The zero-order chi connectivity index (χ0) is 17.7. The van der Waals surface area contributed by atoms with Crippen molar-refractivity contribution >= 4 is 0 Å². The Morgan fingerprint density at radius 2 is 1.88 bits per heavy atom. The van der Waals surface area contributed by atoms with Gasteiger partial charge in [-0.05, 0) is 13.0 Å². The van der Waals surface area contributed by atoms with Crippen molar-refractivity contribution in [2.24, 2.45) is 5.92 Å². The first kappa shape index (κ1) is 17.1. The van der Waals surface area contributed by atoms with Crippen LogP contribution in [-0.4, -0.2) is 31.8 Å². The highest BCUT2D eigenvalue weighted by atomic mass is 19.4. The fourth-order valence-electron chi connectivity index (χ4n) is 3.07. The van der Waals surface area contributed by atoms with Gasteiger partial charge in [0.05, 0.1) is 13.2 Å². The van der Waals surface area contributed by atoms with Gasteiger partial charge < -0.3 is 18.9 Å². The van der Waals surface area contributed by atoms with Crippen LogP contribution in [0, 0.1) is 5.92 Å². The van der Waals surface area contributed by atoms with Crippen molar-refractivity contribution in [2.75, 3.05) is 13.2 Å². The van der Waals surface area contributed by atoms with Crippen LogP contribution in [0.25, 0.3) is 0 Å². The molecule has 3 rings (SSSR count). The second kappa shape index (κ2) is 5.65. The van der Waals surface area contributed by atoms with Gasteiger partial charge in [0, 0.05) is 17.4 Å². The third-order valence-electron chi connectivity index (χ3n) is 4.14. The van der Waals surface area contributed by atoms with Crippen LogP contribution in [0.2, 0.25) is 0 Å². The van der Waals surface area contributed by atoms with Gasteiger partial charge in [-0.15, -0.1) is 8.78 Å². The first-order valence-corrected chi connectivity index (χ1v) is 7.38. The smallest absolute Gasteiger partial charge is 0.490 e. The molecule has 1 aromatic rings. The van der Waals surface area contributed by atoms with E-state index < -0.39 is 30.4 Å². The number of benzene rings is 1. The number of halogens is 5. The molecule has 2 aliphatic heterocycles. The Bertz CT molecular complexity index is 631. The Morgan fingerprint density at radius 3 is 2.46 bits per heavy atom. The van der Waals surface area contributed by atoms with Gasteiger partial charge in [-0.3, -0.25) is 0 Å². The van der Waals surface area contributed by atoms with Gasteiger partial charge in [-0.1, -0.05) is 13.0 Å². The van der Waals surface area contributed by atoms with Crippen molar-refractivity contribution in [1.82, 2.24) is 0 Å². The zero-order valence-corrected chi connectivity index (χ0v) is 12.8. The molecule has 24 heavy (non-hydrogen) atoms. The molecule has 0 aromatic heterocycles. The summed E-state index contributed by atoms with van der Waals surface area (Å²) in [5.41, 5.74) is 0.185. The van der Waals surface area contributed by atoms with Crippen LogP contribution in [0.1, 0.15) is 25.3 Å². The Hall–Kier alpha value is -1.77. The van der Waals surface area contributed by atoms with E-state index in [0.29, 0.717) is 0 Å². The molecule has 0 saturated carbocycles. The molecule has 9 heteroatoms. The maximum Gasteiger partial charge on any atom is 0.586 e. The number of ether oxygens (including phenoxy) is 4. The summed E-state index contributed by atoms with van der Waals surface area (Å²) in [5, 5.41) is 0. The van der Waals surface area contributed by atoms with E-state index in [2.05, 4.69) is 9.47 Å². The number of hydrogen-bond donors (Lipinski definition) is 0. The van der Waals surface area contributed by atoms with E-state index in [1.807, 2.05) is 0 Å². The van der Waals surface area contributed by atoms with Crippen LogP contribution in [0.5, 0.6) is 17.2 Å². The van der Waals surface area contributed by atoms with Crippen molar-refractivity contribution in [3.05, 3.63) is 17.7 Å². The third kappa shape index (κ3) is 2.85.